The first kappa shape index (κ1) is 28.6. The third-order valence-electron chi connectivity index (χ3n) is 7.55. The van der Waals surface area contributed by atoms with Crippen molar-refractivity contribution in [2.45, 2.75) is 114 Å². The molecule has 6 N–H and O–H groups in total. The summed E-state index contributed by atoms with van der Waals surface area (Å²) < 4.78 is 10.9. The minimum absolute atomic E-state index is 0.245. The highest BCUT2D eigenvalue weighted by Crippen LogP contribution is 2.29. The van der Waals surface area contributed by atoms with Gasteiger partial charge in [-0.3, -0.25) is 14.9 Å². The van der Waals surface area contributed by atoms with Crippen molar-refractivity contribution in [1.82, 2.24) is 21.3 Å². The highest BCUT2D eigenvalue weighted by molar-refractivity contribution is 5.91. The maximum absolute atomic E-state index is 13.6. The molecule has 0 aromatic rings. The van der Waals surface area contributed by atoms with Gasteiger partial charge in [0.05, 0.1) is 25.3 Å². The molecule has 4 atom stereocenters. The van der Waals surface area contributed by atoms with Gasteiger partial charge in [0, 0.05) is 12.8 Å². The fourth-order valence-corrected chi connectivity index (χ4v) is 5.26. The summed E-state index contributed by atoms with van der Waals surface area (Å²) in [5.41, 5.74) is -1.16. The van der Waals surface area contributed by atoms with Gasteiger partial charge in [-0.05, 0) is 44.6 Å². The number of aliphatic hydroxyl groups is 2. The average Bonchev–Trinajstić information content (AvgIpc) is 3.06. The zero-order valence-corrected chi connectivity index (χ0v) is 21.6. The van der Waals surface area contributed by atoms with Crippen LogP contribution in [0.5, 0.6) is 0 Å². The first-order valence-corrected chi connectivity index (χ1v) is 13.5. The molecule has 2 saturated heterocycles. The highest BCUT2D eigenvalue weighted by Gasteiger charge is 2.44. The van der Waals surface area contributed by atoms with Crippen LogP contribution < -0.4 is 21.3 Å². The maximum atomic E-state index is 13.6. The van der Waals surface area contributed by atoms with Crippen molar-refractivity contribution < 1.29 is 34.1 Å². The van der Waals surface area contributed by atoms with Gasteiger partial charge in [0.25, 0.3) is 5.91 Å². The van der Waals surface area contributed by atoms with Gasteiger partial charge in [0.15, 0.2) is 6.10 Å². The molecular weight excluding hydrogens is 468 g/mol. The molecule has 0 spiro atoms. The van der Waals surface area contributed by atoms with Gasteiger partial charge in [-0.25, -0.2) is 4.79 Å². The van der Waals surface area contributed by atoms with Gasteiger partial charge >= 0.3 is 6.09 Å². The number of carbonyl (C=O) groups is 3. The van der Waals surface area contributed by atoms with E-state index >= 15 is 0 Å². The lowest BCUT2D eigenvalue weighted by atomic mass is 9.80. The molecule has 0 radical (unpaired) electrons. The second-order valence-electron chi connectivity index (χ2n) is 10.7. The van der Waals surface area contributed by atoms with Crippen molar-refractivity contribution in [3.8, 4) is 0 Å². The summed E-state index contributed by atoms with van der Waals surface area (Å²) in [5, 5.41) is 32.5. The number of hydrogen-bond donors (Lipinski definition) is 6. The van der Waals surface area contributed by atoms with E-state index in [9.17, 15) is 24.6 Å². The summed E-state index contributed by atoms with van der Waals surface area (Å²) >= 11 is 0. The summed E-state index contributed by atoms with van der Waals surface area (Å²) in [5.74, 6) is -1.33. The van der Waals surface area contributed by atoms with Crippen molar-refractivity contribution in [1.29, 1.82) is 0 Å². The summed E-state index contributed by atoms with van der Waals surface area (Å²) in [4.78, 5) is 39.2. The molecule has 3 fully saturated rings. The lowest BCUT2D eigenvalue weighted by Crippen LogP contribution is -2.64. The van der Waals surface area contributed by atoms with Crippen LogP contribution in [0, 0.1) is 5.92 Å². The van der Waals surface area contributed by atoms with Gasteiger partial charge in [-0.2, -0.15) is 0 Å². The van der Waals surface area contributed by atoms with Gasteiger partial charge in [-0.15, -0.1) is 0 Å². The number of rotatable bonds is 8. The van der Waals surface area contributed by atoms with Crippen LogP contribution in [0.1, 0.15) is 78.1 Å². The second-order valence-corrected chi connectivity index (χ2v) is 10.7. The first-order valence-electron chi connectivity index (χ1n) is 13.5. The van der Waals surface area contributed by atoms with Crippen LogP contribution in [0.4, 0.5) is 4.79 Å². The van der Waals surface area contributed by atoms with E-state index < -0.39 is 47.9 Å². The minimum atomic E-state index is -1.51. The number of carbonyl (C=O) groups excluding carboxylic acids is 3. The smallest absolute Gasteiger partial charge is 0.408 e. The lowest BCUT2D eigenvalue weighted by molar-refractivity contribution is -0.137. The van der Waals surface area contributed by atoms with E-state index in [1.807, 2.05) is 13.8 Å². The quantitative estimate of drug-likeness (QED) is 0.277. The molecule has 1 unspecified atom stereocenters. The zero-order valence-electron chi connectivity index (χ0n) is 21.6. The molecule has 36 heavy (non-hydrogen) atoms. The molecule has 2 heterocycles. The molecule has 1 aliphatic carbocycles. The molecule has 0 aromatic heterocycles. The van der Waals surface area contributed by atoms with Gasteiger partial charge in [0.1, 0.15) is 17.9 Å². The Labute approximate surface area is 213 Å². The Balaban J connectivity index is 1.65. The standard InChI is InChI=1S/C25H44N4O7/c1-16(2)19(20(30)22(32)27-18-8-4-7-13-26-21(18)31)28-23(33)25(11-5-3-6-12-25)29-24(34)36-17-9-14-35-15-10-17/h16-21,26,30-31H,3-15H2,1-2H3,(H,27,32)(H,28,33)(H,29,34)/t18-,19-,20-,21?/m0/s1. The highest BCUT2D eigenvalue weighted by atomic mass is 16.6. The van der Waals surface area contributed by atoms with E-state index in [0.717, 1.165) is 32.1 Å². The minimum Gasteiger partial charge on any atom is -0.446 e. The molecule has 0 bridgehead atoms. The topological polar surface area (TPSA) is 158 Å². The predicted molar refractivity (Wildman–Crippen MR) is 132 cm³/mol. The van der Waals surface area contributed by atoms with Gasteiger partial charge in [-0.1, -0.05) is 33.1 Å². The second kappa shape index (κ2) is 13.6. The Morgan fingerprint density at radius 2 is 1.72 bits per heavy atom. The third kappa shape index (κ3) is 7.77. The van der Waals surface area contributed by atoms with Gasteiger partial charge in [0.2, 0.25) is 5.91 Å². The normalized spacial score (nSPS) is 26.8. The number of hydrogen-bond acceptors (Lipinski definition) is 8. The fourth-order valence-electron chi connectivity index (χ4n) is 5.26. The van der Waals surface area contributed by atoms with Crippen molar-refractivity contribution >= 4 is 17.9 Å². The molecule has 2 aliphatic heterocycles. The molecule has 206 valence electrons. The number of amides is 3. The lowest BCUT2D eigenvalue weighted by Gasteiger charge is -2.39. The number of nitrogens with one attached hydrogen (secondary N) is 4. The van der Waals surface area contributed by atoms with E-state index in [1.54, 1.807) is 0 Å². The molecule has 3 amide bonds. The van der Waals surface area contributed by atoms with E-state index in [1.165, 1.54) is 0 Å². The summed E-state index contributed by atoms with van der Waals surface area (Å²) in [6.45, 7) is 5.35. The predicted octanol–water partition coefficient (Wildman–Crippen LogP) is 0.673. The van der Waals surface area contributed by atoms with Gasteiger partial charge < -0.3 is 35.6 Å². The average molecular weight is 513 g/mol. The first-order chi connectivity index (χ1) is 17.2. The van der Waals surface area contributed by atoms with E-state index in [4.69, 9.17) is 9.47 Å². The van der Waals surface area contributed by atoms with E-state index in [0.29, 0.717) is 51.9 Å². The molecular formula is C25H44N4O7. The molecule has 11 nitrogen and oxygen atoms in total. The van der Waals surface area contributed by atoms with Crippen molar-refractivity contribution in [3.05, 3.63) is 0 Å². The van der Waals surface area contributed by atoms with Crippen LogP contribution in [-0.2, 0) is 19.1 Å². The third-order valence-corrected chi connectivity index (χ3v) is 7.55. The number of aliphatic hydroxyl groups excluding tert-OH is 2. The number of alkyl carbamates (subject to hydrolysis) is 1. The SMILES string of the molecule is CC(C)[C@H](NC(=O)C1(NC(=O)OC2CCOCC2)CCCCC1)[C@H](O)C(=O)N[C@H]1CCCCNC1O. The van der Waals surface area contributed by atoms with Crippen LogP contribution in [-0.4, -0.2) is 83.9 Å². The molecule has 1 saturated carbocycles. The summed E-state index contributed by atoms with van der Waals surface area (Å²) in [7, 11) is 0. The maximum Gasteiger partial charge on any atom is 0.408 e. The Bertz CT molecular complexity index is 738. The molecule has 0 aromatic carbocycles. The molecule has 3 aliphatic rings. The van der Waals surface area contributed by atoms with Crippen LogP contribution in [0.2, 0.25) is 0 Å². The van der Waals surface area contributed by atoms with Crippen LogP contribution >= 0.6 is 0 Å². The summed E-state index contributed by atoms with van der Waals surface area (Å²) in [6, 6.07) is -1.40. The Morgan fingerprint density at radius 1 is 1.03 bits per heavy atom. The van der Waals surface area contributed by atoms with Crippen LogP contribution in [0.15, 0.2) is 0 Å². The van der Waals surface area contributed by atoms with Crippen molar-refractivity contribution in [2.24, 2.45) is 5.92 Å². The number of ether oxygens (including phenoxy) is 2. The van der Waals surface area contributed by atoms with E-state index in [2.05, 4.69) is 21.3 Å². The Kier molecular flexibility index (Phi) is 10.8. The fraction of sp³-hybridized carbons (Fsp3) is 0.880. The monoisotopic (exact) mass is 512 g/mol. The van der Waals surface area contributed by atoms with Crippen molar-refractivity contribution in [3.63, 3.8) is 0 Å². The van der Waals surface area contributed by atoms with Crippen LogP contribution in [0.25, 0.3) is 0 Å². The summed E-state index contributed by atoms with van der Waals surface area (Å²) in [6.07, 6.45) is 3.68. The van der Waals surface area contributed by atoms with E-state index in [-0.39, 0.29) is 12.0 Å². The molecule has 11 heteroatoms. The van der Waals surface area contributed by atoms with Crippen LogP contribution in [0.3, 0.4) is 0 Å². The Hall–Kier alpha value is -1.95. The zero-order chi connectivity index (χ0) is 26.1. The van der Waals surface area contributed by atoms with Crippen molar-refractivity contribution in [2.75, 3.05) is 19.8 Å². The largest absolute Gasteiger partial charge is 0.446 e. The Morgan fingerprint density at radius 3 is 2.39 bits per heavy atom. The molecule has 3 rings (SSSR count).